The molecule has 14 heavy (non-hydrogen) atoms. The molecule has 2 heterocycles. The lowest BCUT2D eigenvalue weighted by atomic mass is 10.0. The summed E-state index contributed by atoms with van der Waals surface area (Å²) in [4.78, 5) is 2.59. The van der Waals surface area contributed by atoms with E-state index in [4.69, 9.17) is 4.74 Å². The van der Waals surface area contributed by atoms with Gasteiger partial charge in [0.05, 0.1) is 13.2 Å². The summed E-state index contributed by atoms with van der Waals surface area (Å²) >= 11 is 4.23. The van der Waals surface area contributed by atoms with Gasteiger partial charge in [-0.25, -0.2) is 4.31 Å². The molecule has 82 valence electrons. The minimum atomic E-state index is 0.788. The zero-order valence-electron chi connectivity index (χ0n) is 8.39. The molecule has 0 amide bonds. The molecule has 0 spiro atoms. The van der Waals surface area contributed by atoms with E-state index in [1.807, 2.05) is 0 Å². The van der Waals surface area contributed by atoms with Gasteiger partial charge in [-0.15, -0.1) is 0 Å². The average Bonchev–Trinajstić information content (AvgIpc) is 2.30. The summed E-state index contributed by atoms with van der Waals surface area (Å²) in [6, 6.07) is 0.788. The van der Waals surface area contributed by atoms with Gasteiger partial charge in [-0.1, -0.05) is 11.7 Å². The lowest BCUT2D eigenvalue weighted by Crippen LogP contribution is -2.47. The Hall–Kier alpha value is 0.580. The second kappa shape index (κ2) is 5.61. The van der Waals surface area contributed by atoms with Gasteiger partial charge in [0, 0.05) is 32.2 Å². The van der Waals surface area contributed by atoms with Crippen molar-refractivity contribution >= 4 is 22.6 Å². The van der Waals surface area contributed by atoms with Gasteiger partial charge in [-0.3, -0.25) is 4.90 Å². The summed E-state index contributed by atoms with van der Waals surface area (Å²) in [6.45, 7) is 6.44. The molecule has 0 aliphatic carbocycles. The van der Waals surface area contributed by atoms with Gasteiger partial charge in [0.25, 0.3) is 0 Å². The number of piperidine rings is 1. The fraction of sp³-hybridized carbons (Fsp3) is 1.00. The van der Waals surface area contributed by atoms with Gasteiger partial charge < -0.3 is 4.74 Å². The summed E-state index contributed by atoms with van der Waals surface area (Å²) in [7, 11) is 1.58. The topological polar surface area (TPSA) is 15.7 Å². The monoisotopic (exact) mass is 234 g/mol. The number of rotatable bonds is 2. The Balaban J connectivity index is 1.76. The molecule has 0 atom stereocenters. The SMILES string of the molecule is SSN1CCC(N2CCOCC2)CC1. The first-order valence-electron chi connectivity index (χ1n) is 5.28. The van der Waals surface area contributed by atoms with Crippen LogP contribution in [0.3, 0.4) is 0 Å². The highest BCUT2D eigenvalue weighted by molar-refractivity contribution is 8.67. The summed E-state index contributed by atoms with van der Waals surface area (Å²) in [5.74, 6) is 0. The van der Waals surface area contributed by atoms with Crippen LogP contribution in [0.4, 0.5) is 0 Å². The Morgan fingerprint density at radius 1 is 1.07 bits per heavy atom. The molecule has 0 bridgehead atoms. The molecule has 0 aromatic rings. The summed E-state index contributed by atoms with van der Waals surface area (Å²) in [5.41, 5.74) is 0. The minimum Gasteiger partial charge on any atom is -0.379 e. The lowest BCUT2D eigenvalue weighted by Gasteiger charge is -2.39. The quantitative estimate of drug-likeness (QED) is 0.440. The molecule has 2 aliphatic rings. The second-order valence-corrected chi connectivity index (χ2v) is 5.06. The third-order valence-electron chi connectivity index (χ3n) is 3.10. The lowest BCUT2D eigenvalue weighted by molar-refractivity contribution is 0.00665. The van der Waals surface area contributed by atoms with Gasteiger partial charge in [0.1, 0.15) is 0 Å². The Kier molecular flexibility index (Phi) is 4.44. The third kappa shape index (κ3) is 2.79. The summed E-state index contributed by atoms with van der Waals surface area (Å²) in [5, 5.41) is 0. The van der Waals surface area contributed by atoms with Crippen molar-refractivity contribution in [2.75, 3.05) is 39.4 Å². The highest BCUT2D eigenvalue weighted by Gasteiger charge is 2.25. The molecule has 0 unspecified atom stereocenters. The molecule has 3 nitrogen and oxygen atoms in total. The van der Waals surface area contributed by atoms with Crippen LogP contribution >= 0.6 is 22.6 Å². The highest BCUT2D eigenvalue weighted by atomic mass is 33.1. The molecule has 0 saturated carbocycles. The largest absolute Gasteiger partial charge is 0.379 e. The van der Waals surface area contributed by atoms with Crippen molar-refractivity contribution in [1.82, 2.24) is 9.21 Å². The van der Waals surface area contributed by atoms with E-state index in [2.05, 4.69) is 20.9 Å². The minimum absolute atomic E-state index is 0.788. The van der Waals surface area contributed by atoms with Crippen molar-refractivity contribution in [2.24, 2.45) is 0 Å². The maximum atomic E-state index is 5.36. The number of ether oxygens (including phenoxy) is 1. The number of morpholine rings is 1. The molecule has 0 radical (unpaired) electrons. The van der Waals surface area contributed by atoms with Crippen molar-refractivity contribution in [3.63, 3.8) is 0 Å². The summed E-state index contributed by atoms with van der Waals surface area (Å²) < 4.78 is 7.70. The van der Waals surface area contributed by atoms with Crippen LogP contribution in [0.2, 0.25) is 0 Å². The van der Waals surface area contributed by atoms with Crippen LogP contribution in [0, 0.1) is 0 Å². The van der Waals surface area contributed by atoms with E-state index in [0.29, 0.717) is 0 Å². The maximum Gasteiger partial charge on any atom is 0.0594 e. The molecule has 0 aromatic heterocycles. The molecule has 2 aliphatic heterocycles. The van der Waals surface area contributed by atoms with Gasteiger partial charge >= 0.3 is 0 Å². The number of thiol groups is 1. The first-order chi connectivity index (χ1) is 6.90. The number of hydrogen-bond donors (Lipinski definition) is 1. The zero-order chi connectivity index (χ0) is 9.80. The van der Waals surface area contributed by atoms with Crippen LogP contribution in [0.1, 0.15) is 12.8 Å². The Bertz CT molecular complexity index is 168. The Morgan fingerprint density at radius 3 is 2.29 bits per heavy atom. The van der Waals surface area contributed by atoms with E-state index < -0.39 is 0 Å². The van der Waals surface area contributed by atoms with E-state index >= 15 is 0 Å². The van der Waals surface area contributed by atoms with Crippen LogP contribution in [0.25, 0.3) is 0 Å². The molecule has 2 saturated heterocycles. The van der Waals surface area contributed by atoms with E-state index in [1.165, 1.54) is 25.9 Å². The van der Waals surface area contributed by atoms with Crippen molar-refractivity contribution < 1.29 is 4.74 Å². The van der Waals surface area contributed by atoms with Crippen LogP contribution in [-0.2, 0) is 4.74 Å². The molecular formula is C9H18N2OS2. The Labute approximate surface area is 95.1 Å². The normalized spacial score (nSPS) is 28.1. The van der Waals surface area contributed by atoms with E-state index in [-0.39, 0.29) is 0 Å². The van der Waals surface area contributed by atoms with Crippen LogP contribution < -0.4 is 0 Å². The second-order valence-electron chi connectivity index (χ2n) is 3.89. The van der Waals surface area contributed by atoms with Crippen LogP contribution in [0.15, 0.2) is 0 Å². The van der Waals surface area contributed by atoms with Crippen LogP contribution in [0.5, 0.6) is 0 Å². The Morgan fingerprint density at radius 2 is 1.71 bits per heavy atom. The highest BCUT2D eigenvalue weighted by Crippen LogP contribution is 2.23. The van der Waals surface area contributed by atoms with E-state index in [0.717, 1.165) is 32.3 Å². The number of hydrogen-bond acceptors (Lipinski definition) is 5. The predicted molar refractivity (Wildman–Crippen MR) is 63.6 cm³/mol. The molecule has 0 aromatic carbocycles. The average molecular weight is 234 g/mol. The molecule has 2 rings (SSSR count). The van der Waals surface area contributed by atoms with Crippen molar-refractivity contribution in [1.29, 1.82) is 0 Å². The maximum absolute atomic E-state index is 5.36. The van der Waals surface area contributed by atoms with Crippen LogP contribution in [-0.4, -0.2) is 54.6 Å². The van der Waals surface area contributed by atoms with E-state index in [9.17, 15) is 0 Å². The van der Waals surface area contributed by atoms with Gasteiger partial charge in [0.15, 0.2) is 0 Å². The van der Waals surface area contributed by atoms with Gasteiger partial charge in [-0.2, -0.15) is 0 Å². The number of nitrogens with zero attached hydrogens (tertiary/aromatic N) is 2. The predicted octanol–water partition coefficient (Wildman–Crippen LogP) is 1.28. The smallest absolute Gasteiger partial charge is 0.0594 e. The first kappa shape index (κ1) is 11.1. The fourth-order valence-electron chi connectivity index (χ4n) is 2.23. The molecule has 0 N–H and O–H groups in total. The molecular weight excluding hydrogens is 216 g/mol. The van der Waals surface area contributed by atoms with E-state index in [1.54, 1.807) is 11.0 Å². The van der Waals surface area contributed by atoms with Crippen molar-refractivity contribution in [2.45, 2.75) is 18.9 Å². The van der Waals surface area contributed by atoms with Crippen molar-refractivity contribution in [3.05, 3.63) is 0 Å². The first-order valence-corrected chi connectivity index (χ1v) is 7.11. The summed E-state index contributed by atoms with van der Waals surface area (Å²) in [6.07, 6.45) is 2.57. The molecule has 2 fully saturated rings. The fourth-order valence-corrected chi connectivity index (χ4v) is 3.10. The third-order valence-corrected chi connectivity index (χ3v) is 4.39. The van der Waals surface area contributed by atoms with Gasteiger partial charge in [0.2, 0.25) is 0 Å². The zero-order valence-corrected chi connectivity index (χ0v) is 10.1. The van der Waals surface area contributed by atoms with Crippen molar-refractivity contribution in [3.8, 4) is 0 Å². The molecule has 5 heteroatoms. The standard InChI is InChI=1S/C9H18N2OS2/c13-14-11-3-1-9(2-4-11)10-5-7-12-8-6-10/h9,13H,1-8H2. The van der Waals surface area contributed by atoms with Gasteiger partial charge in [-0.05, 0) is 23.8 Å².